The van der Waals surface area contributed by atoms with E-state index in [2.05, 4.69) is 64.9 Å². The summed E-state index contributed by atoms with van der Waals surface area (Å²) in [5.74, 6) is 0. The minimum Gasteiger partial charge on any atom is 0 e. The van der Waals surface area contributed by atoms with Crippen molar-refractivity contribution in [1.29, 1.82) is 0 Å². The van der Waals surface area contributed by atoms with Gasteiger partial charge in [0, 0.05) is 27.7 Å². The van der Waals surface area contributed by atoms with Crippen LogP contribution in [-0.2, 0) is 27.7 Å². The Kier molecular flexibility index (Phi) is 11.2. The molecule has 0 saturated carbocycles. The van der Waals surface area contributed by atoms with Crippen molar-refractivity contribution in [3.8, 4) is 0 Å². The summed E-state index contributed by atoms with van der Waals surface area (Å²) in [5.41, 5.74) is 0. The van der Waals surface area contributed by atoms with E-state index in [4.69, 9.17) is 0 Å². The van der Waals surface area contributed by atoms with E-state index >= 15 is 0 Å². The normalized spacial score (nSPS) is 14.4. The van der Waals surface area contributed by atoms with Gasteiger partial charge in [-0.2, -0.15) is 0 Å². The Bertz CT molecular complexity index is 116. The van der Waals surface area contributed by atoms with Crippen LogP contribution in [0.15, 0.2) is 0 Å². The van der Waals surface area contributed by atoms with Crippen LogP contribution in [0.5, 0.6) is 0 Å². The maximum Gasteiger partial charge on any atom is 0 e. The van der Waals surface area contributed by atoms with Gasteiger partial charge in [-0.1, -0.05) is 0 Å². The molecule has 0 aromatic rings. The molecule has 0 aliphatic rings. The van der Waals surface area contributed by atoms with Gasteiger partial charge in [0.2, 0.25) is 0 Å². The molecule has 0 aromatic carbocycles. The average molecular weight is 615 g/mol. The van der Waals surface area contributed by atoms with E-state index in [1.165, 1.54) is 37.7 Å². The van der Waals surface area contributed by atoms with Crippen LogP contribution in [0.3, 0.4) is 0 Å². The largest absolute Gasteiger partial charge is 0 e. The number of hydrogen-bond acceptors (Lipinski definition) is 0. The van der Waals surface area contributed by atoms with Crippen LogP contribution in [0.1, 0.15) is 40.0 Å². The van der Waals surface area contributed by atoms with Gasteiger partial charge in [-0.3, -0.25) is 0 Å². The zero-order chi connectivity index (χ0) is 9.69. The number of halogens is 2. The second-order valence-corrected chi connectivity index (χ2v) is 28.6. The molecule has 0 atom stereocenters. The summed E-state index contributed by atoms with van der Waals surface area (Å²) >= 11 is 5.65. The van der Waals surface area contributed by atoms with E-state index in [0.717, 1.165) is 0 Å². The van der Waals surface area contributed by atoms with E-state index < -0.39 is 1.89 Å². The van der Waals surface area contributed by atoms with Crippen molar-refractivity contribution in [1.82, 2.24) is 0 Å². The van der Waals surface area contributed by atoms with Crippen LogP contribution in [0.25, 0.3) is 0 Å². The molecule has 0 nitrogen and oxygen atoms in total. The van der Waals surface area contributed by atoms with Gasteiger partial charge in [0.1, 0.15) is 0 Å². The summed E-state index contributed by atoms with van der Waals surface area (Å²) in [4.78, 5) is 0. The van der Waals surface area contributed by atoms with Crippen molar-refractivity contribution in [2.24, 2.45) is 0 Å². The Morgan fingerprint density at radius 2 is 1.00 bits per heavy atom. The van der Waals surface area contributed by atoms with E-state index in [-0.39, 0.29) is 27.7 Å². The second kappa shape index (κ2) is 8.00. The zero-order valence-corrected chi connectivity index (χ0v) is 19.9. The van der Waals surface area contributed by atoms with Crippen LogP contribution in [0, 0.1) is 0 Å². The van der Waals surface area contributed by atoms with Gasteiger partial charge < -0.3 is 0 Å². The molecular formula is C9H21HgI2P. The van der Waals surface area contributed by atoms with Crippen LogP contribution >= 0.6 is 46.0 Å². The molecule has 0 fully saturated rings. The van der Waals surface area contributed by atoms with Crippen molar-refractivity contribution in [2.45, 2.75) is 40.0 Å². The number of rotatable bonds is 6. The molecule has 0 spiro atoms. The summed E-state index contributed by atoms with van der Waals surface area (Å²) in [6, 6.07) is 0. The van der Waals surface area contributed by atoms with Gasteiger partial charge >= 0.3 is 104 Å². The summed E-state index contributed by atoms with van der Waals surface area (Å²) in [5, 5.41) is 0. The Balaban J connectivity index is 0. The van der Waals surface area contributed by atoms with Gasteiger partial charge in [0.25, 0.3) is 0 Å². The predicted molar refractivity (Wildman–Crippen MR) is 80.4 cm³/mol. The fourth-order valence-corrected chi connectivity index (χ4v) is 14.1. The zero-order valence-electron chi connectivity index (χ0n) is 9.15. The predicted octanol–water partition coefficient (Wildman–Crippen LogP) is 5.47. The molecule has 0 bridgehead atoms. The molecule has 0 saturated heterocycles. The Morgan fingerprint density at radius 1 is 0.769 bits per heavy atom. The molecular weight excluding hydrogens is 593 g/mol. The second-order valence-electron chi connectivity index (χ2n) is 3.62. The van der Waals surface area contributed by atoms with Crippen molar-refractivity contribution < 1.29 is 27.7 Å². The van der Waals surface area contributed by atoms with Crippen LogP contribution < -0.4 is 0 Å². The van der Waals surface area contributed by atoms with E-state index in [1.54, 1.807) is 0 Å². The standard InChI is InChI=1S/C9H21I2P.Hg/c1-4-7-12(10,11,8-5-2)9-6-3;/h4-9H2,1-3H3;. The monoisotopic (exact) mass is 616 g/mol. The minimum atomic E-state index is -1.27. The van der Waals surface area contributed by atoms with Crippen molar-refractivity contribution >= 4 is 46.0 Å². The third-order valence-corrected chi connectivity index (χ3v) is 15.1. The summed E-state index contributed by atoms with van der Waals surface area (Å²) in [6.07, 6.45) is 8.54. The SMILES string of the molecule is CCCP(I)(I)(CCC)CCC.[Hg]. The van der Waals surface area contributed by atoms with E-state index in [9.17, 15) is 0 Å². The Morgan fingerprint density at radius 3 is 1.15 bits per heavy atom. The van der Waals surface area contributed by atoms with E-state index in [1.807, 2.05) is 0 Å². The van der Waals surface area contributed by atoms with E-state index in [0.29, 0.717) is 0 Å². The first-order valence-corrected chi connectivity index (χ1v) is 13.3. The Labute approximate surface area is 130 Å². The first-order valence-electron chi connectivity index (χ1n) is 4.91. The van der Waals surface area contributed by atoms with Crippen molar-refractivity contribution in [2.75, 3.05) is 18.5 Å². The third-order valence-electron chi connectivity index (χ3n) is 2.13. The van der Waals surface area contributed by atoms with Gasteiger partial charge in [0.15, 0.2) is 0 Å². The molecule has 13 heavy (non-hydrogen) atoms. The molecule has 0 heterocycles. The molecule has 0 aromatic heterocycles. The summed E-state index contributed by atoms with van der Waals surface area (Å²) in [6.45, 7) is 6.97. The fraction of sp³-hybridized carbons (Fsp3) is 1.00. The molecule has 4 heteroatoms. The molecule has 0 rings (SSSR count). The number of hydrogen-bond donors (Lipinski definition) is 0. The minimum absolute atomic E-state index is 0. The average Bonchev–Trinajstić information content (AvgIpc) is 1.86. The smallest absolute Gasteiger partial charge is 0 e. The molecule has 0 aliphatic heterocycles. The van der Waals surface area contributed by atoms with Gasteiger partial charge in [-0.25, -0.2) is 0 Å². The molecule has 0 unspecified atom stereocenters. The van der Waals surface area contributed by atoms with Crippen LogP contribution in [-0.4, -0.2) is 18.5 Å². The molecule has 78 valence electrons. The topological polar surface area (TPSA) is 0 Å². The summed E-state index contributed by atoms with van der Waals surface area (Å²) in [7, 11) is 0. The molecule has 0 amide bonds. The van der Waals surface area contributed by atoms with Gasteiger partial charge in [0.05, 0.1) is 0 Å². The third kappa shape index (κ3) is 7.67. The molecule has 0 N–H and O–H groups in total. The summed E-state index contributed by atoms with van der Waals surface area (Å²) < 4.78 is -1.27. The maximum atomic E-state index is 2.83. The maximum absolute atomic E-state index is 2.83. The first kappa shape index (κ1) is 18.2. The first-order chi connectivity index (χ1) is 5.46. The van der Waals surface area contributed by atoms with Gasteiger partial charge in [-0.05, 0) is 0 Å². The molecule has 0 aliphatic carbocycles. The van der Waals surface area contributed by atoms with Crippen molar-refractivity contribution in [3.63, 3.8) is 0 Å². The van der Waals surface area contributed by atoms with Crippen molar-refractivity contribution in [3.05, 3.63) is 0 Å². The van der Waals surface area contributed by atoms with Gasteiger partial charge in [-0.15, -0.1) is 0 Å². The quantitative estimate of drug-likeness (QED) is 0.212. The Hall–Kier alpha value is 2.83. The van der Waals surface area contributed by atoms with Crippen LogP contribution in [0.4, 0.5) is 0 Å². The van der Waals surface area contributed by atoms with Crippen LogP contribution in [0.2, 0.25) is 0 Å². The molecule has 0 radical (unpaired) electrons. The fourth-order valence-electron chi connectivity index (χ4n) is 1.79.